The second kappa shape index (κ2) is 8.60. The summed E-state index contributed by atoms with van der Waals surface area (Å²) in [7, 11) is 0. The van der Waals surface area contributed by atoms with Crippen LogP contribution in [0, 0.1) is 0 Å². The molecule has 1 fully saturated rings. The van der Waals surface area contributed by atoms with E-state index in [2.05, 4.69) is 34.2 Å². The van der Waals surface area contributed by atoms with Crippen LogP contribution in [0.2, 0.25) is 0 Å². The lowest BCUT2D eigenvalue weighted by molar-refractivity contribution is 0.0402. The van der Waals surface area contributed by atoms with Crippen molar-refractivity contribution in [2.24, 2.45) is 10.7 Å². The van der Waals surface area contributed by atoms with Crippen molar-refractivity contribution in [2.45, 2.75) is 31.8 Å². The first-order valence-electron chi connectivity index (χ1n) is 8.66. The minimum absolute atomic E-state index is 0.264. The number of nitrogens with two attached hydrogens (primary N) is 1. The highest BCUT2D eigenvalue weighted by Crippen LogP contribution is 2.32. The fraction of sp³-hybridized carbons (Fsp3) is 0.611. The Labute approximate surface area is 143 Å². The van der Waals surface area contributed by atoms with Gasteiger partial charge in [-0.3, -0.25) is 4.99 Å². The van der Waals surface area contributed by atoms with Gasteiger partial charge in [0.1, 0.15) is 0 Å². The van der Waals surface area contributed by atoms with Gasteiger partial charge in [-0.15, -0.1) is 0 Å². The van der Waals surface area contributed by atoms with Crippen LogP contribution in [-0.4, -0.2) is 48.6 Å². The van der Waals surface area contributed by atoms with Crippen LogP contribution in [0.5, 0.6) is 0 Å². The molecule has 1 unspecified atom stereocenters. The largest absolute Gasteiger partial charge is 0.373 e. The number of thioether (sulfide) groups is 1. The average Bonchev–Trinajstić information content (AvgIpc) is 2.62. The van der Waals surface area contributed by atoms with Gasteiger partial charge in [-0.2, -0.15) is 11.8 Å². The molecule has 4 nitrogen and oxygen atoms in total. The molecule has 1 aliphatic carbocycles. The third kappa shape index (κ3) is 4.64. The maximum absolute atomic E-state index is 6.11. The molecule has 1 saturated heterocycles. The van der Waals surface area contributed by atoms with E-state index in [1.54, 1.807) is 0 Å². The second-order valence-corrected chi connectivity index (χ2v) is 7.37. The summed E-state index contributed by atoms with van der Waals surface area (Å²) in [6.45, 7) is 3.56. The number of aliphatic imine (C=N–C) groups is 1. The predicted octanol–water partition coefficient (Wildman–Crippen LogP) is 2.83. The summed E-state index contributed by atoms with van der Waals surface area (Å²) in [6, 6.07) is 8.68. The minimum atomic E-state index is 0.264. The summed E-state index contributed by atoms with van der Waals surface area (Å²) in [5.41, 5.74) is 8.90. The molecular formula is C18H27N3OS. The summed E-state index contributed by atoms with van der Waals surface area (Å²) < 4.78 is 6.11. The molecule has 0 amide bonds. The van der Waals surface area contributed by atoms with Crippen LogP contribution in [0.3, 0.4) is 0 Å². The maximum Gasteiger partial charge on any atom is 0.191 e. The smallest absolute Gasteiger partial charge is 0.191 e. The molecule has 0 spiro atoms. The van der Waals surface area contributed by atoms with Crippen molar-refractivity contribution in [1.29, 1.82) is 0 Å². The first-order valence-corrected chi connectivity index (χ1v) is 9.82. The number of hydrogen-bond donors (Lipinski definition) is 1. The number of guanidine groups is 1. The molecule has 0 saturated carbocycles. The van der Waals surface area contributed by atoms with Crippen molar-refractivity contribution >= 4 is 17.7 Å². The number of aryl methyl sites for hydroxylation is 1. The number of hydrogen-bond acceptors (Lipinski definition) is 3. The molecule has 0 radical (unpaired) electrons. The van der Waals surface area contributed by atoms with Gasteiger partial charge in [0.15, 0.2) is 5.96 Å². The van der Waals surface area contributed by atoms with Crippen LogP contribution < -0.4 is 5.73 Å². The zero-order valence-electron chi connectivity index (χ0n) is 13.7. The Hall–Kier alpha value is -1.20. The summed E-state index contributed by atoms with van der Waals surface area (Å²) in [5.74, 6) is 3.01. The van der Waals surface area contributed by atoms with Crippen molar-refractivity contribution < 1.29 is 4.74 Å². The number of benzene rings is 1. The first kappa shape index (κ1) is 16.7. The van der Waals surface area contributed by atoms with E-state index in [0.717, 1.165) is 50.6 Å². The molecule has 2 N–H and O–H groups in total. The molecule has 1 atom stereocenters. The topological polar surface area (TPSA) is 50.9 Å². The van der Waals surface area contributed by atoms with Crippen molar-refractivity contribution in [2.75, 3.05) is 37.7 Å². The molecule has 2 aliphatic rings. The lowest BCUT2D eigenvalue weighted by Crippen LogP contribution is -2.42. The molecule has 5 heteroatoms. The van der Waals surface area contributed by atoms with Crippen LogP contribution in [0.1, 0.15) is 36.5 Å². The van der Waals surface area contributed by atoms with E-state index >= 15 is 0 Å². The SMILES string of the molecule is NC(=NCCCOC1CCCc2ccccc21)N1CCSCC1. The van der Waals surface area contributed by atoms with Gasteiger partial charge in [0.05, 0.1) is 6.10 Å². The van der Waals surface area contributed by atoms with Crippen LogP contribution >= 0.6 is 11.8 Å². The Morgan fingerprint density at radius 1 is 1.30 bits per heavy atom. The predicted molar refractivity (Wildman–Crippen MR) is 98.1 cm³/mol. The highest BCUT2D eigenvalue weighted by atomic mass is 32.2. The zero-order chi connectivity index (χ0) is 15.9. The third-order valence-corrected chi connectivity index (χ3v) is 5.49. The molecular weight excluding hydrogens is 306 g/mol. The lowest BCUT2D eigenvalue weighted by atomic mass is 9.89. The van der Waals surface area contributed by atoms with Gasteiger partial charge in [-0.1, -0.05) is 24.3 Å². The van der Waals surface area contributed by atoms with E-state index in [4.69, 9.17) is 10.5 Å². The van der Waals surface area contributed by atoms with Gasteiger partial charge in [0, 0.05) is 37.7 Å². The number of rotatable bonds is 5. The lowest BCUT2D eigenvalue weighted by Gasteiger charge is -2.27. The Morgan fingerprint density at radius 2 is 2.13 bits per heavy atom. The van der Waals surface area contributed by atoms with E-state index in [-0.39, 0.29) is 6.10 Å². The van der Waals surface area contributed by atoms with Crippen molar-refractivity contribution in [1.82, 2.24) is 4.90 Å². The highest BCUT2D eigenvalue weighted by molar-refractivity contribution is 7.99. The van der Waals surface area contributed by atoms with Crippen molar-refractivity contribution in [3.8, 4) is 0 Å². The minimum Gasteiger partial charge on any atom is -0.373 e. The molecule has 0 bridgehead atoms. The van der Waals surface area contributed by atoms with Gasteiger partial charge in [-0.05, 0) is 36.8 Å². The van der Waals surface area contributed by atoms with Crippen molar-refractivity contribution in [3.63, 3.8) is 0 Å². The highest BCUT2D eigenvalue weighted by Gasteiger charge is 2.19. The molecule has 23 heavy (non-hydrogen) atoms. The molecule has 126 valence electrons. The van der Waals surface area contributed by atoms with Gasteiger partial charge in [0.25, 0.3) is 0 Å². The van der Waals surface area contributed by atoms with Crippen LogP contribution in [0.15, 0.2) is 29.3 Å². The van der Waals surface area contributed by atoms with Gasteiger partial charge < -0.3 is 15.4 Å². The summed E-state index contributed by atoms with van der Waals surface area (Å²) in [4.78, 5) is 6.70. The molecule has 1 heterocycles. The standard InChI is InChI=1S/C18H27N3OS/c19-18(21-10-13-23-14-11-21)20-9-4-12-22-17-8-3-6-15-5-1-2-7-16(15)17/h1-2,5,7,17H,3-4,6,8-14H2,(H2,19,20). The van der Waals surface area contributed by atoms with E-state index in [1.807, 2.05) is 11.8 Å². The fourth-order valence-corrected chi connectivity index (χ4v) is 4.16. The van der Waals surface area contributed by atoms with Crippen molar-refractivity contribution in [3.05, 3.63) is 35.4 Å². The fourth-order valence-electron chi connectivity index (χ4n) is 3.26. The molecule has 1 aromatic carbocycles. The summed E-state index contributed by atoms with van der Waals surface area (Å²) >= 11 is 1.99. The van der Waals surface area contributed by atoms with E-state index in [0.29, 0.717) is 5.96 Å². The summed E-state index contributed by atoms with van der Waals surface area (Å²) in [5, 5.41) is 0. The van der Waals surface area contributed by atoms with E-state index in [9.17, 15) is 0 Å². The number of ether oxygens (including phenoxy) is 1. The zero-order valence-corrected chi connectivity index (χ0v) is 14.6. The molecule has 1 aliphatic heterocycles. The number of fused-ring (bicyclic) bond motifs is 1. The summed E-state index contributed by atoms with van der Waals surface area (Å²) in [6.07, 6.45) is 4.74. The van der Waals surface area contributed by atoms with Gasteiger partial charge in [0.2, 0.25) is 0 Å². The third-order valence-electron chi connectivity index (χ3n) is 4.54. The number of nitrogens with zero attached hydrogens (tertiary/aromatic N) is 2. The molecule has 0 aromatic heterocycles. The normalized spacial score (nSPS) is 22.0. The van der Waals surface area contributed by atoms with Crippen LogP contribution in [0.25, 0.3) is 0 Å². The first-order chi connectivity index (χ1) is 11.3. The van der Waals surface area contributed by atoms with Gasteiger partial charge >= 0.3 is 0 Å². The Bertz CT molecular complexity index is 529. The van der Waals surface area contributed by atoms with Crippen LogP contribution in [-0.2, 0) is 11.2 Å². The molecule has 1 aromatic rings. The average molecular weight is 334 g/mol. The Balaban J connectivity index is 1.40. The maximum atomic E-state index is 6.11. The van der Waals surface area contributed by atoms with Crippen LogP contribution in [0.4, 0.5) is 0 Å². The van der Waals surface area contributed by atoms with Gasteiger partial charge in [-0.25, -0.2) is 0 Å². The van der Waals surface area contributed by atoms with E-state index < -0.39 is 0 Å². The van der Waals surface area contributed by atoms with E-state index in [1.165, 1.54) is 24.0 Å². The second-order valence-electron chi connectivity index (χ2n) is 6.14. The molecule has 3 rings (SSSR count). The Morgan fingerprint density at radius 3 is 3.00 bits per heavy atom. The Kier molecular flexibility index (Phi) is 6.22. The quantitative estimate of drug-likeness (QED) is 0.511. The monoisotopic (exact) mass is 333 g/mol.